The second kappa shape index (κ2) is 4.36. The standard InChI is InChI=1S/C15H18N2/c1-12-6-8-14(9-7-12)17-11-10-16-15(17)13-4-2-3-5-13/h6-11,13H,2-5H2,1H3. The predicted molar refractivity (Wildman–Crippen MR) is 69.5 cm³/mol. The number of nitrogens with zero attached hydrogens (tertiary/aromatic N) is 2. The Labute approximate surface area is 102 Å². The van der Waals surface area contributed by atoms with E-state index in [0.717, 1.165) is 0 Å². The van der Waals surface area contributed by atoms with Gasteiger partial charge in [0, 0.05) is 24.0 Å². The van der Waals surface area contributed by atoms with E-state index >= 15 is 0 Å². The van der Waals surface area contributed by atoms with E-state index < -0.39 is 0 Å². The zero-order chi connectivity index (χ0) is 11.7. The number of rotatable bonds is 2. The van der Waals surface area contributed by atoms with Gasteiger partial charge in [-0.3, -0.25) is 0 Å². The Morgan fingerprint density at radius 3 is 2.53 bits per heavy atom. The van der Waals surface area contributed by atoms with Crippen LogP contribution in [0.15, 0.2) is 36.7 Å². The normalized spacial score (nSPS) is 16.5. The maximum absolute atomic E-state index is 4.56. The van der Waals surface area contributed by atoms with Crippen LogP contribution in [0.4, 0.5) is 0 Å². The zero-order valence-corrected chi connectivity index (χ0v) is 10.3. The summed E-state index contributed by atoms with van der Waals surface area (Å²) in [6.45, 7) is 2.12. The van der Waals surface area contributed by atoms with Gasteiger partial charge in [-0.05, 0) is 31.9 Å². The minimum absolute atomic E-state index is 0.659. The van der Waals surface area contributed by atoms with Crippen molar-refractivity contribution >= 4 is 0 Å². The molecule has 0 N–H and O–H groups in total. The molecule has 1 heterocycles. The highest BCUT2D eigenvalue weighted by Crippen LogP contribution is 2.34. The van der Waals surface area contributed by atoms with E-state index in [2.05, 4.69) is 46.9 Å². The van der Waals surface area contributed by atoms with Crippen LogP contribution in [0.5, 0.6) is 0 Å². The van der Waals surface area contributed by atoms with E-state index in [0.29, 0.717) is 5.92 Å². The molecule has 1 aromatic carbocycles. The molecule has 3 rings (SSSR count). The topological polar surface area (TPSA) is 17.8 Å². The first-order valence-electron chi connectivity index (χ1n) is 6.45. The lowest BCUT2D eigenvalue weighted by Gasteiger charge is -2.12. The average Bonchev–Trinajstić information content (AvgIpc) is 3.00. The van der Waals surface area contributed by atoms with Crippen molar-refractivity contribution in [1.82, 2.24) is 9.55 Å². The highest BCUT2D eigenvalue weighted by Gasteiger charge is 2.21. The van der Waals surface area contributed by atoms with E-state index in [1.54, 1.807) is 0 Å². The number of imidazole rings is 1. The van der Waals surface area contributed by atoms with Gasteiger partial charge in [0.25, 0.3) is 0 Å². The Morgan fingerprint density at radius 2 is 1.82 bits per heavy atom. The van der Waals surface area contributed by atoms with E-state index in [1.165, 1.54) is 42.8 Å². The van der Waals surface area contributed by atoms with Gasteiger partial charge in [0.15, 0.2) is 0 Å². The number of hydrogen-bond acceptors (Lipinski definition) is 1. The first-order valence-corrected chi connectivity index (χ1v) is 6.45. The molecule has 0 atom stereocenters. The lowest BCUT2D eigenvalue weighted by atomic mass is 10.1. The molecule has 2 heteroatoms. The van der Waals surface area contributed by atoms with Crippen molar-refractivity contribution < 1.29 is 0 Å². The van der Waals surface area contributed by atoms with Crippen LogP contribution < -0.4 is 0 Å². The lowest BCUT2D eigenvalue weighted by Crippen LogP contribution is -2.04. The SMILES string of the molecule is Cc1ccc(-n2ccnc2C2CCCC2)cc1. The lowest BCUT2D eigenvalue weighted by molar-refractivity contribution is 0.655. The van der Waals surface area contributed by atoms with Gasteiger partial charge in [0.05, 0.1) is 0 Å². The Morgan fingerprint density at radius 1 is 1.12 bits per heavy atom. The number of hydrogen-bond donors (Lipinski definition) is 0. The molecule has 0 bridgehead atoms. The summed E-state index contributed by atoms with van der Waals surface area (Å²) in [6.07, 6.45) is 9.30. The summed E-state index contributed by atoms with van der Waals surface area (Å²) >= 11 is 0. The third kappa shape index (κ3) is 1.99. The quantitative estimate of drug-likeness (QED) is 0.760. The Hall–Kier alpha value is -1.57. The van der Waals surface area contributed by atoms with Gasteiger partial charge in [0.2, 0.25) is 0 Å². The molecule has 0 aliphatic heterocycles. The molecule has 1 saturated carbocycles. The fourth-order valence-corrected chi connectivity index (χ4v) is 2.72. The van der Waals surface area contributed by atoms with Crippen molar-refractivity contribution in [2.24, 2.45) is 0 Å². The molecule has 88 valence electrons. The van der Waals surface area contributed by atoms with Crippen LogP contribution in [0.2, 0.25) is 0 Å². The van der Waals surface area contributed by atoms with E-state index in [-0.39, 0.29) is 0 Å². The molecular formula is C15H18N2. The summed E-state index contributed by atoms with van der Waals surface area (Å²) in [5.74, 6) is 1.90. The third-order valence-electron chi connectivity index (χ3n) is 3.70. The molecule has 0 saturated heterocycles. The smallest absolute Gasteiger partial charge is 0.116 e. The molecule has 0 amide bonds. The second-order valence-electron chi connectivity index (χ2n) is 4.97. The van der Waals surface area contributed by atoms with E-state index in [4.69, 9.17) is 0 Å². The van der Waals surface area contributed by atoms with Crippen molar-refractivity contribution in [3.63, 3.8) is 0 Å². The van der Waals surface area contributed by atoms with Crippen LogP contribution in [0.1, 0.15) is 43.0 Å². The molecule has 0 spiro atoms. The fraction of sp³-hybridized carbons (Fsp3) is 0.400. The largest absolute Gasteiger partial charge is 0.304 e. The van der Waals surface area contributed by atoms with Crippen LogP contribution in [-0.4, -0.2) is 9.55 Å². The van der Waals surface area contributed by atoms with Crippen molar-refractivity contribution in [1.29, 1.82) is 0 Å². The number of aryl methyl sites for hydroxylation is 1. The average molecular weight is 226 g/mol. The minimum Gasteiger partial charge on any atom is -0.304 e. The Balaban J connectivity index is 1.97. The molecule has 1 aliphatic carbocycles. The molecule has 2 aromatic rings. The first kappa shape index (κ1) is 10.6. The molecule has 1 fully saturated rings. The highest BCUT2D eigenvalue weighted by molar-refractivity contribution is 5.36. The summed E-state index contributed by atoms with van der Waals surface area (Å²) in [7, 11) is 0. The fourth-order valence-electron chi connectivity index (χ4n) is 2.72. The van der Waals surface area contributed by atoms with Crippen LogP contribution in [0, 0.1) is 6.92 Å². The molecule has 17 heavy (non-hydrogen) atoms. The van der Waals surface area contributed by atoms with Crippen molar-refractivity contribution in [2.45, 2.75) is 38.5 Å². The maximum Gasteiger partial charge on any atom is 0.116 e. The van der Waals surface area contributed by atoms with Crippen LogP contribution in [-0.2, 0) is 0 Å². The minimum atomic E-state index is 0.659. The van der Waals surface area contributed by atoms with Gasteiger partial charge < -0.3 is 4.57 Å². The summed E-state index contributed by atoms with van der Waals surface area (Å²) in [6, 6.07) is 8.67. The van der Waals surface area contributed by atoms with Crippen LogP contribution >= 0.6 is 0 Å². The van der Waals surface area contributed by atoms with Gasteiger partial charge >= 0.3 is 0 Å². The first-order chi connectivity index (χ1) is 8.34. The van der Waals surface area contributed by atoms with Gasteiger partial charge in [0.1, 0.15) is 5.82 Å². The predicted octanol–water partition coefficient (Wildman–Crippen LogP) is 3.84. The van der Waals surface area contributed by atoms with Gasteiger partial charge in [-0.1, -0.05) is 30.5 Å². The molecular weight excluding hydrogens is 208 g/mol. The van der Waals surface area contributed by atoms with Gasteiger partial charge in [-0.15, -0.1) is 0 Å². The highest BCUT2D eigenvalue weighted by atomic mass is 15.1. The van der Waals surface area contributed by atoms with Crippen molar-refractivity contribution in [2.75, 3.05) is 0 Å². The van der Waals surface area contributed by atoms with Crippen molar-refractivity contribution in [3.8, 4) is 5.69 Å². The molecule has 1 aliphatic rings. The maximum atomic E-state index is 4.56. The van der Waals surface area contributed by atoms with Crippen molar-refractivity contribution in [3.05, 3.63) is 48.0 Å². The monoisotopic (exact) mass is 226 g/mol. The third-order valence-corrected chi connectivity index (χ3v) is 3.70. The van der Waals surface area contributed by atoms with E-state index in [9.17, 15) is 0 Å². The number of aromatic nitrogens is 2. The van der Waals surface area contributed by atoms with Gasteiger partial charge in [-0.25, -0.2) is 4.98 Å². The number of benzene rings is 1. The molecule has 1 aromatic heterocycles. The summed E-state index contributed by atoms with van der Waals surface area (Å²) in [5.41, 5.74) is 2.53. The summed E-state index contributed by atoms with van der Waals surface area (Å²) in [5, 5.41) is 0. The summed E-state index contributed by atoms with van der Waals surface area (Å²) in [4.78, 5) is 4.56. The second-order valence-corrected chi connectivity index (χ2v) is 4.97. The molecule has 0 radical (unpaired) electrons. The Kier molecular flexibility index (Phi) is 2.71. The molecule has 0 unspecified atom stereocenters. The molecule has 2 nitrogen and oxygen atoms in total. The zero-order valence-electron chi connectivity index (χ0n) is 10.3. The summed E-state index contributed by atoms with van der Waals surface area (Å²) < 4.78 is 2.25. The van der Waals surface area contributed by atoms with E-state index in [1.807, 2.05) is 6.20 Å². The van der Waals surface area contributed by atoms with Crippen LogP contribution in [0.25, 0.3) is 5.69 Å². The van der Waals surface area contributed by atoms with Crippen LogP contribution in [0.3, 0.4) is 0 Å². The Bertz CT molecular complexity index is 490. The van der Waals surface area contributed by atoms with Gasteiger partial charge in [-0.2, -0.15) is 0 Å².